The molecule has 1 N–H and O–H groups in total. The molecule has 0 saturated carbocycles. The largest absolute Gasteiger partial charge is 0.478 e. The standard InChI is InChI=1S/C11H12FNO3S/c1-16-3-2-13-6-7-4-9(12)8(11(14)15)5-10(7)17-13/h4-5H,2-3,6H2,1H3,(H,14,15). The van der Waals surface area contributed by atoms with Crippen molar-refractivity contribution in [3.63, 3.8) is 0 Å². The van der Waals surface area contributed by atoms with E-state index in [0.29, 0.717) is 13.2 Å². The summed E-state index contributed by atoms with van der Waals surface area (Å²) in [6.07, 6.45) is 0. The zero-order chi connectivity index (χ0) is 12.4. The SMILES string of the molecule is COCCN1Cc2cc(F)c(C(=O)O)cc2S1. The highest BCUT2D eigenvalue weighted by Crippen LogP contribution is 2.36. The van der Waals surface area contributed by atoms with Crippen LogP contribution in [-0.4, -0.2) is 35.6 Å². The van der Waals surface area contributed by atoms with E-state index in [0.717, 1.165) is 17.0 Å². The molecular weight excluding hydrogens is 245 g/mol. The van der Waals surface area contributed by atoms with Crippen LogP contribution in [0.15, 0.2) is 17.0 Å². The summed E-state index contributed by atoms with van der Waals surface area (Å²) >= 11 is 1.44. The highest BCUT2D eigenvalue weighted by atomic mass is 32.2. The minimum Gasteiger partial charge on any atom is -0.478 e. The second-order valence-electron chi connectivity index (χ2n) is 3.69. The molecule has 1 heterocycles. The van der Waals surface area contributed by atoms with Gasteiger partial charge in [0.15, 0.2) is 0 Å². The van der Waals surface area contributed by atoms with E-state index in [-0.39, 0.29) is 5.56 Å². The molecule has 0 saturated heterocycles. The predicted octanol–water partition coefficient (Wildman–Crippen LogP) is 1.99. The molecule has 4 nitrogen and oxygen atoms in total. The van der Waals surface area contributed by atoms with Crippen LogP contribution in [0, 0.1) is 5.82 Å². The molecule has 1 aliphatic rings. The van der Waals surface area contributed by atoms with Crippen LogP contribution in [0.1, 0.15) is 15.9 Å². The van der Waals surface area contributed by atoms with Crippen LogP contribution in [0.2, 0.25) is 0 Å². The number of benzene rings is 1. The van der Waals surface area contributed by atoms with E-state index in [1.54, 1.807) is 7.11 Å². The van der Waals surface area contributed by atoms with E-state index in [1.807, 2.05) is 4.31 Å². The fraction of sp³-hybridized carbons (Fsp3) is 0.364. The first kappa shape index (κ1) is 12.3. The molecule has 0 unspecified atom stereocenters. The molecule has 1 aromatic rings. The minimum atomic E-state index is -1.23. The Bertz CT molecular complexity index is 453. The number of aromatic carboxylic acids is 1. The van der Waals surface area contributed by atoms with E-state index in [4.69, 9.17) is 9.84 Å². The number of methoxy groups -OCH3 is 1. The summed E-state index contributed by atoms with van der Waals surface area (Å²) in [5.74, 6) is -1.91. The van der Waals surface area contributed by atoms with E-state index in [2.05, 4.69) is 0 Å². The van der Waals surface area contributed by atoms with Crippen LogP contribution >= 0.6 is 11.9 Å². The van der Waals surface area contributed by atoms with Crippen LogP contribution in [-0.2, 0) is 11.3 Å². The van der Waals surface area contributed by atoms with Gasteiger partial charge < -0.3 is 9.84 Å². The van der Waals surface area contributed by atoms with Crippen molar-refractivity contribution in [2.45, 2.75) is 11.4 Å². The summed E-state index contributed by atoms with van der Waals surface area (Å²) < 4.78 is 20.4. The van der Waals surface area contributed by atoms with Crippen LogP contribution in [0.3, 0.4) is 0 Å². The predicted molar refractivity (Wildman–Crippen MR) is 61.5 cm³/mol. The maximum absolute atomic E-state index is 13.4. The van der Waals surface area contributed by atoms with Gasteiger partial charge in [0.1, 0.15) is 5.82 Å². The summed E-state index contributed by atoms with van der Waals surface area (Å²) in [6.45, 7) is 1.93. The van der Waals surface area contributed by atoms with Crippen molar-refractivity contribution in [3.8, 4) is 0 Å². The Morgan fingerprint density at radius 2 is 2.41 bits per heavy atom. The number of nitrogens with zero attached hydrogens (tertiary/aromatic N) is 1. The topological polar surface area (TPSA) is 49.8 Å². The van der Waals surface area contributed by atoms with Gasteiger partial charge in [0.2, 0.25) is 0 Å². The zero-order valence-corrected chi connectivity index (χ0v) is 10.1. The molecule has 0 aliphatic carbocycles. The zero-order valence-electron chi connectivity index (χ0n) is 9.27. The normalized spacial score (nSPS) is 14.9. The molecule has 0 aromatic heterocycles. The molecule has 92 valence electrons. The summed E-state index contributed by atoms with van der Waals surface area (Å²) in [4.78, 5) is 11.6. The Balaban J connectivity index is 2.18. The van der Waals surface area contributed by atoms with E-state index >= 15 is 0 Å². The number of carbonyl (C=O) groups is 1. The van der Waals surface area contributed by atoms with Crippen LogP contribution in [0.4, 0.5) is 4.39 Å². The van der Waals surface area contributed by atoms with Crippen molar-refractivity contribution in [2.24, 2.45) is 0 Å². The Hall–Kier alpha value is -1.11. The Labute approximate surface area is 103 Å². The highest BCUT2D eigenvalue weighted by molar-refractivity contribution is 7.97. The lowest BCUT2D eigenvalue weighted by atomic mass is 10.1. The minimum absolute atomic E-state index is 0.273. The van der Waals surface area contributed by atoms with Gasteiger partial charge in [-0.1, -0.05) is 0 Å². The highest BCUT2D eigenvalue weighted by Gasteiger charge is 2.23. The monoisotopic (exact) mass is 257 g/mol. The van der Waals surface area contributed by atoms with Crippen molar-refractivity contribution in [3.05, 3.63) is 29.1 Å². The third-order valence-corrected chi connectivity index (χ3v) is 3.65. The van der Waals surface area contributed by atoms with E-state index < -0.39 is 11.8 Å². The average Bonchev–Trinajstić information content (AvgIpc) is 2.66. The van der Waals surface area contributed by atoms with Gasteiger partial charge in [-0.3, -0.25) is 0 Å². The first-order valence-electron chi connectivity index (χ1n) is 5.09. The summed E-state index contributed by atoms with van der Waals surface area (Å²) in [5.41, 5.74) is 0.554. The maximum atomic E-state index is 13.4. The van der Waals surface area contributed by atoms with Gasteiger partial charge in [-0.15, -0.1) is 0 Å². The second-order valence-corrected chi connectivity index (χ2v) is 4.83. The van der Waals surface area contributed by atoms with Gasteiger partial charge in [0.25, 0.3) is 0 Å². The smallest absolute Gasteiger partial charge is 0.338 e. The summed E-state index contributed by atoms with van der Waals surface area (Å²) in [5, 5.41) is 8.82. The van der Waals surface area contributed by atoms with Crippen molar-refractivity contribution in [1.82, 2.24) is 4.31 Å². The lowest BCUT2D eigenvalue weighted by Gasteiger charge is -2.11. The number of hydrogen-bond acceptors (Lipinski definition) is 4. The third-order valence-electron chi connectivity index (χ3n) is 2.50. The molecule has 6 heteroatoms. The van der Waals surface area contributed by atoms with Gasteiger partial charge in [0.05, 0.1) is 12.2 Å². The van der Waals surface area contributed by atoms with Crippen molar-refractivity contribution in [1.29, 1.82) is 0 Å². The number of ether oxygens (including phenoxy) is 1. The number of rotatable bonds is 4. The Morgan fingerprint density at radius 3 is 3.06 bits per heavy atom. The number of hydrogen-bond donors (Lipinski definition) is 1. The quantitative estimate of drug-likeness (QED) is 0.836. The molecule has 2 rings (SSSR count). The number of halogens is 1. The van der Waals surface area contributed by atoms with Gasteiger partial charge in [-0.2, -0.15) is 0 Å². The van der Waals surface area contributed by atoms with Crippen LogP contribution in [0.25, 0.3) is 0 Å². The van der Waals surface area contributed by atoms with Gasteiger partial charge in [-0.05, 0) is 29.6 Å². The van der Waals surface area contributed by atoms with Crippen molar-refractivity contribution < 1.29 is 19.0 Å². The lowest BCUT2D eigenvalue weighted by Crippen LogP contribution is -2.15. The van der Waals surface area contributed by atoms with Crippen LogP contribution < -0.4 is 0 Å². The number of carboxylic acids is 1. The number of fused-ring (bicyclic) bond motifs is 1. The molecule has 17 heavy (non-hydrogen) atoms. The molecule has 0 fully saturated rings. The Kier molecular flexibility index (Phi) is 3.66. The van der Waals surface area contributed by atoms with Gasteiger partial charge in [0, 0.05) is 25.1 Å². The summed E-state index contributed by atoms with van der Waals surface area (Å²) in [7, 11) is 1.62. The number of carboxylic acid groups (broad SMARTS) is 1. The van der Waals surface area contributed by atoms with Crippen molar-refractivity contribution >= 4 is 17.9 Å². The van der Waals surface area contributed by atoms with Gasteiger partial charge >= 0.3 is 5.97 Å². The molecule has 0 amide bonds. The fourth-order valence-corrected chi connectivity index (χ4v) is 2.71. The molecule has 1 aromatic carbocycles. The first-order valence-corrected chi connectivity index (χ1v) is 5.86. The van der Waals surface area contributed by atoms with E-state index in [9.17, 15) is 9.18 Å². The van der Waals surface area contributed by atoms with E-state index in [1.165, 1.54) is 24.1 Å². The fourth-order valence-electron chi connectivity index (χ4n) is 1.65. The molecule has 0 atom stereocenters. The molecule has 0 bridgehead atoms. The van der Waals surface area contributed by atoms with Gasteiger partial charge in [-0.25, -0.2) is 13.5 Å². The first-order chi connectivity index (χ1) is 8.11. The molecule has 0 radical (unpaired) electrons. The molecule has 1 aliphatic heterocycles. The second kappa shape index (κ2) is 5.03. The third kappa shape index (κ3) is 2.59. The molecule has 0 spiro atoms. The lowest BCUT2D eigenvalue weighted by molar-refractivity contribution is 0.0691. The molecular formula is C11H12FNO3S. The van der Waals surface area contributed by atoms with Crippen LogP contribution in [0.5, 0.6) is 0 Å². The summed E-state index contributed by atoms with van der Waals surface area (Å²) in [6, 6.07) is 2.70. The maximum Gasteiger partial charge on any atom is 0.338 e. The Morgan fingerprint density at radius 1 is 1.65 bits per heavy atom. The average molecular weight is 257 g/mol. The van der Waals surface area contributed by atoms with Crippen molar-refractivity contribution in [2.75, 3.05) is 20.3 Å².